The third-order valence-corrected chi connectivity index (χ3v) is 1.27. The van der Waals surface area contributed by atoms with Crippen LogP contribution in [0.3, 0.4) is 0 Å². The maximum atomic E-state index is 10.1. The summed E-state index contributed by atoms with van der Waals surface area (Å²) >= 11 is 0. The summed E-state index contributed by atoms with van der Waals surface area (Å²) in [5, 5.41) is 18.9. The fourth-order valence-electron chi connectivity index (χ4n) is 0.752. The Kier molecular flexibility index (Phi) is 2.29. The summed E-state index contributed by atoms with van der Waals surface area (Å²) in [6.07, 6.45) is -1.11. The van der Waals surface area contributed by atoms with E-state index >= 15 is 0 Å². The number of rotatable bonds is 1. The normalized spacial score (nSPS) is 8.58. The van der Waals surface area contributed by atoms with Gasteiger partial charge in [-0.15, -0.1) is 0 Å². The Balaban J connectivity index is 2.80. The zero-order valence-corrected chi connectivity index (χ0v) is 6.11. The molecular weight excluding hydrogens is 156 g/mol. The highest BCUT2D eigenvalue weighted by molar-refractivity contribution is 5.82. The van der Waals surface area contributed by atoms with Crippen molar-refractivity contribution in [3.05, 3.63) is 29.8 Å². The number of carbonyl (C=O) groups is 1. The van der Waals surface area contributed by atoms with Crippen LogP contribution in [0, 0.1) is 11.3 Å². The zero-order chi connectivity index (χ0) is 8.97. The van der Waals surface area contributed by atoms with Gasteiger partial charge in [0.25, 0.3) is 0 Å². The molecule has 0 unspecified atom stereocenters. The van der Waals surface area contributed by atoms with Gasteiger partial charge in [-0.3, -0.25) is 5.32 Å². The van der Waals surface area contributed by atoms with E-state index < -0.39 is 6.09 Å². The summed E-state index contributed by atoms with van der Waals surface area (Å²) in [5.41, 5.74) is 0.965. The molecule has 12 heavy (non-hydrogen) atoms. The van der Waals surface area contributed by atoms with E-state index in [-0.39, 0.29) is 0 Å². The minimum Gasteiger partial charge on any atom is -0.465 e. The number of hydrogen-bond donors (Lipinski definition) is 2. The van der Waals surface area contributed by atoms with Crippen molar-refractivity contribution in [2.45, 2.75) is 0 Å². The number of benzene rings is 1. The van der Waals surface area contributed by atoms with Gasteiger partial charge in [0.05, 0.1) is 11.6 Å². The van der Waals surface area contributed by atoms with Crippen LogP contribution in [0.15, 0.2) is 24.3 Å². The van der Waals surface area contributed by atoms with E-state index in [1.54, 1.807) is 12.1 Å². The highest BCUT2D eigenvalue weighted by Gasteiger charge is 1.96. The smallest absolute Gasteiger partial charge is 0.409 e. The second kappa shape index (κ2) is 3.39. The number of anilines is 1. The van der Waals surface area contributed by atoms with Gasteiger partial charge in [0.15, 0.2) is 0 Å². The molecule has 0 aliphatic carbocycles. The van der Waals surface area contributed by atoms with E-state index in [9.17, 15) is 4.79 Å². The average Bonchev–Trinajstić information content (AvgIpc) is 2.05. The molecule has 1 amide bonds. The number of nitrogens with zero attached hydrogens (tertiary/aromatic N) is 1. The predicted molar refractivity (Wildman–Crippen MR) is 42.8 cm³/mol. The molecule has 60 valence electrons. The fourth-order valence-corrected chi connectivity index (χ4v) is 0.752. The van der Waals surface area contributed by atoms with E-state index in [0.29, 0.717) is 11.3 Å². The monoisotopic (exact) mass is 162 g/mol. The van der Waals surface area contributed by atoms with Crippen LogP contribution in [-0.4, -0.2) is 11.2 Å². The standard InChI is InChI=1S/C8H6N2O2/c9-5-6-1-3-7(4-2-6)10-8(11)12/h1-4,10H,(H,11,12). The molecule has 4 heteroatoms. The maximum absolute atomic E-state index is 10.1. The second-order valence-electron chi connectivity index (χ2n) is 2.12. The number of hydrogen-bond acceptors (Lipinski definition) is 2. The first-order chi connectivity index (χ1) is 5.72. The van der Waals surface area contributed by atoms with E-state index in [2.05, 4.69) is 5.32 Å². The van der Waals surface area contributed by atoms with Gasteiger partial charge in [-0.05, 0) is 24.3 Å². The molecule has 0 aliphatic rings. The fraction of sp³-hybridized carbons (Fsp3) is 0. The van der Waals surface area contributed by atoms with E-state index in [1.807, 2.05) is 6.07 Å². The lowest BCUT2D eigenvalue weighted by atomic mass is 10.2. The Morgan fingerprint density at radius 3 is 2.42 bits per heavy atom. The highest BCUT2D eigenvalue weighted by atomic mass is 16.4. The van der Waals surface area contributed by atoms with Crippen molar-refractivity contribution in [2.75, 3.05) is 5.32 Å². The van der Waals surface area contributed by atoms with Crippen molar-refractivity contribution in [3.8, 4) is 6.07 Å². The van der Waals surface area contributed by atoms with Gasteiger partial charge in [0.1, 0.15) is 0 Å². The van der Waals surface area contributed by atoms with Crippen LogP contribution in [0.25, 0.3) is 0 Å². The van der Waals surface area contributed by atoms with Crippen molar-refractivity contribution >= 4 is 11.8 Å². The third kappa shape index (κ3) is 1.99. The summed E-state index contributed by atoms with van der Waals surface area (Å²) in [4.78, 5) is 10.1. The van der Waals surface area contributed by atoms with Crippen LogP contribution in [0.1, 0.15) is 5.56 Å². The lowest BCUT2D eigenvalue weighted by Crippen LogP contribution is -2.06. The first kappa shape index (κ1) is 8.08. The van der Waals surface area contributed by atoms with E-state index in [0.717, 1.165) is 0 Å². The van der Waals surface area contributed by atoms with Crippen molar-refractivity contribution in [1.29, 1.82) is 5.26 Å². The Bertz CT molecular complexity index is 324. The predicted octanol–water partition coefficient (Wildman–Crippen LogP) is 1.65. The SMILES string of the molecule is N#Cc1ccc(NC(=O)O)cc1. The Labute approximate surface area is 69.1 Å². The number of nitrogens with one attached hydrogen (secondary N) is 1. The number of carboxylic acid groups (broad SMARTS) is 1. The van der Waals surface area contributed by atoms with E-state index in [1.165, 1.54) is 12.1 Å². The average molecular weight is 162 g/mol. The summed E-state index contributed by atoms with van der Waals surface area (Å²) in [6, 6.07) is 8.09. The van der Waals surface area contributed by atoms with Crippen molar-refractivity contribution in [3.63, 3.8) is 0 Å². The van der Waals surface area contributed by atoms with Gasteiger partial charge in [0, 0.05) is 5.69 Å². The molecular formula is C8H6N2O2. The lowest BCUT2D eigenvalue weighted by molar-refractivity contribution is 0.210. The molecule has 0 fully saturated rings. The van der Waals surface area contributed by atoms with Gasteiger partial charge in [-0.25, -0.2) is 4.79 Å². The molecule has 0 aliphatic heterocycles. The van der Waals surface area contributed by atoms with Gasteiger partial charge >= 0.3 is 6.09 Å². The Morgan fingerprint density at radius 2 is 2.00 bits per heavy atom. The van der Waals surface area contributed by atoms with Crippen molar-refractivity contribution in [1.82, 2.24) is 0 Å². The third-order valence-electron chi connectivity index (χ3n) is 1.27. The quantitative estimate of drug-likeness (QED) is 0.659. The molecule has 0 bridgehead atoms. The van der Waals surface area contributed by atoms with Crippen LogP contribution >= 0.6 is 0 Å². The van der Waals surface area contributed by atoms with Gasteiger partial charge in [-0.2, -0.15) is 5.26 Å². The maximum Gasteiger partial charge on any atom is 0.409 e. The molecule has 2 N–H and O–H groups in total. The van der Waals surface area contributed by atoms with Crippen molar-refractivity contribution < 1.29 is 9.90 Å². The van der Waals surface area contributed by atoms with Gasteiger partial charge < -0.3 is 5.11 Å². The summed E-state index contributed by atoms with van der Waals surface area (Å²) < 4.78 is 0. The molecule has 0 aromatic heterocycles. The molecule has 1 aromatic rings. The molecule has 0 spiro atoms. The molecule has 0 saturated carbocycles. The van der Waals surface area contributed by atoms with Gasteiger partial charge in [-0.1, -0.05) is 0 Å². The lowest BCUT2D eigenvalue weighted by Gasteiger charge is -1.98. The zero-order valence-electron chi connectivity index (χ0n) is 6.11. The first-order valence-corrected chi connectivity index (χ1v) is 3.22. The molecule has 0 radical (unpaired) electrons. The van der Waals surface area contributed by atoms with Crippen LogP contribution < -0.4 is 5.32 Å². The Hall–Kier alpha value is -2.02. The molecule has 0 heterocycles. The number of nitriles is 1. The molecule has 1 aromatic carbocycles. The topological polar surface area (TPSA) is 73.1 Å². The molecule has 0 saturated heterocycles. The number of amides is 1. The largest absolute Gasteiger partial charge is 0.465 e. The van der Waals surface area contributed by atoms with Gasteiger partial charge in [0.2, 0.25) is 0 Å². The molecule has 4 nitrogen and oxygen atoms in total. The first-order valence-electron chi connectivity index (χ1n) is 3.22. The summed E-state index contributed by atoms with van der Waals surface area (Å²) in [5.74, 6) is 0. The summed E-state index contributed by atoms with van der Waals surface area (Å²) in [6.45, 7) is 0. The van der Waals surface area contributed by atoms with E-state index in [4.69, 9.17) is 10.4 Å². The highest BCUT2D eigenvalue weighted by Crippen LogP contribution is 2.07. The molecule has 0 atom stereocenters. The molecule has 1 rings (SSSR count). The van der Waals surface area contributed by atoms with Crippen LogP contribution in [0.5, 0.6) is 0 Å². The van der Waals surface area contributed by atoms with Crippen LogP contribution in [0.4, 0.5) is 10.5 Å². The Morgan fingerprint density at radius 1 is 1.42 bits per heavy atom. The minimum absolute atomic E-state index is 0.460. The van der Waals surface area contributed by atoms with Crippen LogP contribution in [-0.2, 0) is 0 Å². The van der Waals surface area contributed by atoms with Crippen molar-refractivity contribution in [2.24, 2.45) is 0 Å². The second-order valence-corrected chi connectivity index (χ2v) is 2.12. The summed E-state index contributed by atoms with van der Waals surface area (Å²) in [7, 11) is 0. The minimum atomic E-state index is -1.11. The van der Waals surface area contributed by atoms with Crippen LogP contribution in [0.2, 0.25) is 0 Å².